The highest BCUT2D eigenvalue weighted by atomic mass is 32.2. The lowest BCUT2D eigenvalue weighted by atomic mass is 10.4. The highest BCUT2D eigenvalue weighted by molar-refractivity contribution is 7.99. The summed E-state index contributed by atoms with van der Waals surface area (Å²) in [6.45, 7) is 2.33. The largest absolute Gasteiger partial charge is 0.394 e. The van der Waals surface area contributed by atoms with Gasteiger partial charge < -0.3 is 14.6 Å². The normalized spacial score (nSPS) is 10.6. The van der Waals surface area contributed by atoms with E-state index in [4.69, 9.17) is 14.6 Å². The average molecular weight is 242 g/mol. The summed E-state index contributed by atoms with van der Waals surface area (Å²) in [6.07, 6.45) is 0. The maximum atomic E-state index is 8.46. The number of thioether (sulfide) groups is 1. The minimum absolute atomic E-state index is 0.0733. The second-order valence-corrected chi connectivity index (χ2v) is 4.28. The van der Waals surface area contributed by atoms with Gasteiger partial charge in [-0.05, 0) is 12.1 Å². The van der Waals surface area contributed by atoms with Gasteiger partial charge in [0.1, 0.15) is 0 Å². The third-order valence-corrected chi connectivity index (χ3v) is 2.82. The zero-order valence-electron chi connectivity index (χ0n) is 9.30. The van der Waals surface area contributed by atoms with E-state index < -0.39 is 0 Å². The van der Waals surface area contributed by atoms with Gasteiger partial charge in [-0.3, -0.25) is 0 Å². The Bertz CT molecular complexity index is 254. The molecule has 0 aromatic heterocycles. The van der Waals surface area contributed by atoms with Crippen molar-refractivity contribution in [2.24, 2.45) is 0 Å². The third kappa shape index (κ3) is 6.85. The quantitative estimate of drug-likeness (QED) is 0.529. The molecule has 16 heavy (non-hydrogen) atoms. The molecule has 0 bridgehead atoms. The molecule has 1 rings (SSSR count). The van der Waals surface area contributed by atoms with Gasteiger partial charge in [-0.1, -0.05) is 18.2 Å². The minimum atomic E-state index is 0.0733. The van der Waals surface area contributed by atoms with Crippen LogP contribution < -0.4 is 0 Å². The molecule has 90 valence electrons. The number of hydrogen-bond donors (Lipinski definition) is 1. The zero-order valence-corrected chi connectivity index (χ0v) is 10.1. The molecule has 0 unspecified atom stereocenters. The molecule has 4 heteroatoms. The van der Waals surface area contributed by atoms with Crippen molar-refractivity contribution in [3.63, 3.8) is 0 Å². The SMILES string of the molecule is OCCOCCOCCSc1ccccc1. The van der Waals surface area contributed by atoms with Crippen LogP contribution in [0.25, 0.3) is 0 Å². The monoisotopic (exact) mass is 242 g/mol. The minimum Gasteiger partial charge on any atom is -0.394 e. The van der Waals surface area contributed by atoms with Gasteiger partial charge in [0.2, 0.25) is 0 Å². The zero-order chi connectivity index (χ0) is 11.5. The Kier molecular flexibility index (Phi) is 8.16. The first-order chi connectivity index (χ1) is 7.93. The van der Waals surface area contributed by atoms with Crippen molar-refractivity contribution in [1.29, 1.82) is 0 Å². The fourth-order valence-corrected chi connectivity index (χ4v) is 1.91. The van der Waals surface area contributed by atoms with Crippen LogP contribution in [0.3, 0.4) is 0 Å². The molecule has 1 aromatic rings. The first-order valence-corrected chi connectivity index (χ1v) is 6.36. The topological polar surface area (TPSA) is 38.7 Å². The fourth-order valence-electron chi connectivity index (χ4n) is 1.12. The smallest absolute Gasteiger partial charge is 0.0701 e. The second-order valence-electron chi connectivity index (χ2n) is 3.11. The summed E-state index contributed by atoms with van der Waals surface area (Å²) in [7, 11) is 0. The van der Waals surface area contributed by atoms with E-state index in [0.29, 0.717) is 19.8 Å². The number of ether oxygens (including phenoxy) is 2. The molecule has 0 radical (unpaired) electrons. The van der Waals surface area contributed by atoms with Crippen LogP contribution >= 0.6 is 11.8 Å². The van der Waals surface area contributed by atoms with Crippen LogP contribution in [0, 0.1) is 0 Å². The first-order valence-electron chi connectivity index (χ1n) is 5.37. The molecule has 1 aromatic carbocycles. The third-order valence-electron chi connectivity index (χ3n) is 1.85. The first kappa shape index (κ1) is 13.5. The average Bonchev–Trinajstić information content (AvgIpc) is 2.34. The van der Waals surface area contributed by atoms with Crippen molar-refractivity contribution in [2.75, 3.05) is 38.8 Å². The molecule has 1 N–H and O–H groups in total. The Morgan fingerprint density at radius 3 is 2.31 bits per heavy atom. The lowest BCUT2D eigenvalue weighted by Gasteiger charge is -2.04. The molecule has 3 nitrogen and oxygen atoms in total. The summed E-state index contributed by atoms with van der Waals surface area (Å²) in [5, 5.41) is 8.46. The van der Waals surface area contributed by atoms with Crippen LogP contribution in [0.1, 0.15) is 0 Å². The predicted molar refractivity (Wildman–Crippen MR) is 65.9 cm³/mol. The van der Waals surface area contributed by atoms with Gasteiger partial charge in [-0.25, -0.2) is 0 Å². The van der Waals surface area contributed by atoms with Crippen molar-refractivity contribution >= 4 is 11.8 Å². The summed E-state index contributed by atoms with van der Waals surface area (Å²) < 4.78 is 10.4. The summed E-state index contributed by atoms with van der Waals surface area (Å²) in [4.78, 5) is 1.27. The van der Waals surface area contributed by atoms with Crippen molar-refractivity contribution in [2.45, 2.75) is 4.90 Å². The fraction of sp³-hybridized carbons (Fsp3) is 0.500. The van der Waals surface area contributed by atoms with Crippen LogP contribution in [0.4, 0.5) is 0 Å². The molecule has 0 saturated carbocycles. The van der Waals surface area contributed by atoms with E-state index in [1.807, 2.05) is 18.2 Å². The van der Waals surface area contributed by atoms with Crippen molar-refractivity contribution in [1.82, 2.24) is 0 Å². The Labute approximate surface area is 101 Å². The predicted octanol–water partition coefficient (Wildman–Crippen LogP) is 1.80. The maximum Gasteiger partial charge on any atom is 0.0701 e. The molecular weight excluding hydrogens is 224 g/mol. The molecule has 0 aliphatic heterocycles. The highest BCUT2D eigenvalue weighted by Gasteiger charge is 1.93. The lowest BCUT2D eigenvalue weighted by molar-refractivity contribution is 0.0377. The van der Waals surface area contributed by atoms with Crippen LogP contribution in [0.2, 0.25) is 0 Å². The van der Waals surface area contributed by atoms with Gasteiger partial charge in [0.25, 0.3) is 0 Å². The van der Waals surface area contributed by atoms with Crippen molar-refractivity contribution in [3.05, 3.63) is 30.3 Å². The number of rotatable bonds is 9. The molecular formula is C12H18O3S. The van der Waals surface area contributed by atoms with Crippen LogP contribution in [-0.4, -0.2) is 43.9 Å². The number of benzene rings is 1. The van der Waals surface area contributed by atoms with Gasteiger partial charge in [-0.2, -0.15) is 0 Å². The van der Waals surface area contributed by atoms with Gasteiger partial charge in [-0.15, -0.1) is 11.8 Å². The molecule has 0 heterocycles. The van der Waals surface area contributed by atoms with Crippen molar-refractivity contribution in [3.8, 4) is 0 Å². The van der Waals surface area contributed by atoms with E-state index in [0.717, 1.165) is 12.4 Å². The number of hydrogen-bond acceptors (Lipinski definition) is 4. The van der Waals surface area contributed by atoms with Gasteiger partial charge in [0.15, 0.2) is 0 Å². The maximum absolute atomic E-state index is 8.46. The summed E-state index contributed by atoms with van der Waals surface area (Å²) in [5.74, 6) is 0.948. The molecule has 0 fully saturated rings. The Hall–Kier alpha value is -0.550. The van der Waals surface area contributed by atoms with E-state index >= 15 is 0 Å². The lowest BCUT2D eigenvalue weighted by Crippen LogP contribution is -2.08. The number of aliphatic hydroxyl groups is 1. The molecule has 0 saturated heterocycles. The summed E-state index contributed by atoms with van der Waals surface area (Å²) in [5.41, 5.74) is 0. The van der Waals surface area contributed by atoms with Gasteiger partial charge in [0.05, 0.1) is 33.0 Å². The van der Waals surface area contributed by atoms with Gasteiger partial charge in [0, 0.05) is 10.6 Å². The van der Waals surface area contributed by atoms with E-state index in [-0.39, 0.29) is 6.61 Å². The molecule has 0 aliphatic carbocycles. The van der Waals surface area contributed by atoms with E-state index in [1.165, 1.54) is 4.90 Å². The van der Waals surface area contributed by atoms with Crippen LogP contribution in [0.5, 0.6) is 0 Å². The van der Waals surface area contributed by atoms with E-state index in [2.05, 4.69) is 12.1 Å². The summed E-state index contributed by atoms with van der Waals surface area (Å²) >= 11 is 1.78. The Morgan fingerprint density at radius 2 is 1.62 bits per heavy atom. The second kappa shape index (κ2) is 9.66. The summed E-state index contributed by atoms with van der Waals surface area (Å²) in [6, 6.07) is 10.3. The Balaban J connectivity index is 1.89. The van der Waals surface area contributed by atoms with Gasteiger partial charge >= 0.3 is 0 Å². The van der Waals surface area contributed by atoms with E-state index in [9.17, 15) is 0 Å². The number of aliphatic hydroxyl groups excluding tert-OH is 1. The molecule has 0 aliphatic rings. The molecule has 0 amide bonds. The van der Waals surface area contributed by atoms with Crippen LogP contribution in [0.15, 0.2) is 35.2 Å². The standard InChI is InChI=1S/C12H18O3S/c13-6-7-14-8-9-15-10-11-16-12-4-2-1-3-5-12/h1-5,13H,6-11H2. The van der Waals surface area contributed by atoms with Crippen LogP contribution in [-0.2, 0) is 9.47 Å². The van der Waals surface area contributed by atoms with E-state index in [1.54, 1.807) is 11.8 Å². The Morgan fingerprint density at radius 1 is 0.938 bits per heavy atom. The molecule has 0 spiro atoms. The van der Waals surface area contributed by atoms with Crippen molar-refractivity contribution < 1.29 is 14.6 Å². The highest BCUT2D eigenvalue weighted by Crippen LogP contribution is 2.16. The molecule has 0 atom stereocenters.